The highest BCUT2D eigenvalue weighted by atomic mass is 79.9. The minimum atomic E-state index is -3.84. The molecule has 2 rings (SSSR count). The number of anilines is 1. The number of hydrogen-bond donors (Lipinski definition) is 1. The van der Waals surface area contributed by atoms with Crippen molar-refractivity contribution in [1.82, 2.24) is 5.32 Å². The summed E-state index contributed by atoms with van der Waals surface area (Å²) >= 11 is 3.10. The van der Waals surface area contributed by atoms with Crippen molar-refractivity contribution in [2.45, 2.75) is 11.4 Å². The van der Waals surface area contributed by atoms with E-state index in [9.17, 15) is 12.8 Å². The van der Waals surface area contributed by atoms with Gasteiger partial charge in [0.25, 0.3) is 10.0 Å². The molecule has 1 aromatic carbocycles. The summed E-state index contributed by atoms with van der Waals surface area (Å²) in [6.45, 7) is 0.401. The summed E-state index contributed by atoms with van der Waals surface area (Å²) in [4.78, 5) is -0.000453. The van der Waals surface area contributed by atoms with Crippen LogP contribution in [0.15, 0.2) is 44.3 Å². The molecule has 8 heteroatoms. The molecule has 114 valence electrons. The van der Waals surface area contributed by atoms with Gasteiger partial charge in [-0.3, -0.25) is 4.31 Å². The van der Waals surface area contributed by atoms with Gasteiger partial charge < -0.3 is 9.73 Å². The SMILES string of the molecule is CNCc1cc(S(=O)(=O)N(C)c2cccc(F)c2)c(Br)o1. The zero-order chi connectivity index (χ0) is 15.6. The highest BCUT2D eigenvalue weighted by Gasteiger charge is 2.27. The number of sulfonamides is 1. The predicted molar refractivity (Wildman–Crippen MR) is 81.2 cm³/mol. The molecule has 0 amide bonds. The van der Waals surface area contributed by atoms with Gasteiger partial charge in [0, 0.05) is 13.1 Å². The van der Waals surface area contributed by atoms with Crippen LogP contribution in [0, 0.1) is 5.82 Å². The van der Waals surface area contributed by atoms with Crippen molar-refractivity contribution >= 4 is 31.6 Å². The third-order valence-electron chi connectivity index (χ3n) is 2.87. The lowest BCUT2D eigenvalue weighted by Crippen LogP contribution is -2.26. The first-order valence-corrected chi connectivity index (χ1v) is 8.27. The Hall–Kier alpha value is -1.38. The Morgan fingerprint density at radius 1 is 1.38 bits per heavy atom. The zero-order valence-corrected chi connectivity index (χ0v) is 13.8. The van der Waals surface area contributed by atoms with Crippen LogP contribution < -0.4 is 9.62 Å². The fraction of sp³-hybridized carbons (Fsp3) is 0.231. The van der Waals surface area contributed by atoms with E-state index in [-0.39, 0.29) is 15.3 Å². The number of rotatable bonds is 5. The Bertz CT molecular complexity index is 746. The molecule has 21 heavy (non-hydrogen) atoms. The van der Waals surface area contributed by atoms with Crippen LogP contribution >= 0.6 is 15.9 Å². The van der Waals surface area contributed by atoms with Gasteiger partial charge in [0.2, 0.25) is 0 Å². The average Bonchev–Trinajstić information content (AvgIpc) is 2.80. The zero-order valence-electron chi connectivity index (χ0n) is 11.4. The van der Waals surface area contributed by atoms with Gasteiger partial charge in [-0.25, -0.2) is 12.8 Å². The Balaban J connectivity index is 2.42. The van der Waals surface area contributed by atoms with Gasteiger partial charge in [-0.2, -0.15) is 0 Å². The molecule has 5 nitrogen and oxygen atoms in total. The van der Waals surface area contributed by atoms with Crippen molar-refractivity contribution in [2.24, 2.45) is 0 Å². The second kappa shape index (κ2) is 6.17. The van der Waals surface area contributed by atoms with Gasteiger partial charge in [0.15, 0.2) is 4.67 Å². The van der Waals surface area contributed by atoms with Gasteiger partial charge in [-0.05, 0) is 41.2 Å². The summed E-state index contributed by atoms with van der Waals surface area (Å²) in [6, 6.07) is 6.81. The van der Waals surface area contributed by atoms with E-state index in [2.05, 4.69) is 21.2 Å². The number of halogens is 2. The summed E-state index contributed by atoms with van der Waals surface area (Å²) in [5, 5.41) is 2.87. The van der Waals surface area contributed by atoms with E-state index in [0.29, 0.717) is 12.3 Å². The van der Waals surface area contributed by atoms with Crippen molar-refractivity contribution in [3.8, 4) is 0 Å². The molecule has 0 radical (unpaired) electrons. The van der Waals surface area contributed by atoms with Crippen LogP contribution in [0.2, 0.25) is 0 Å². The smallest absolute Gasteiger partial charge is 0.268 e. The van der Waals surface area contributed by atoms with Crippen molar-refractivity contribution in [3.05, 3.63) is 46.6 Å². The van der Waals surface area contributed by atoms with Crippen LogP contribution in [0.1, 0.15) is 5.76 Å². The quantitative estimate of drug-likeness (QED) is 0.871. The molecule has 1 N–H and O–H groups in total. The van der Waals surface area contributed by atoms with Crippen molar-refractivity contribution in [3.63, 3.8) is 0 Å². The second-order valence-electron chi connectivity index (χ2n) is 4.33. The number of furan rings is 1. The summed E-state index contributed by atoms with van der Waals surface area (Å²) in [5.74, 6) is -0.0210. The molecular formula is C13H14BrFN2O3S. The molecule has 0 fully saturated rings. The first kappa shape index (κ1) is 16.0. The van der Waals surface area contributed by atoms with Crippen LogP contribution in [-0.4, -0.2) is 22.5 Å². The van der Waals surface area contributed by atoms with E-state index < -0.39 is 15.8 Å². The Morgan fingerprint density at radius 2 is 2.10 bits per heavy atom. The molecule has 0 atom stereocenters. The van der Waals surface area contributed by atoms with Gasteiger partial charge in [-0.1, -0.05) is 6.07 Å². The van der Waals surface area contributed by atoms with Crippen molar-refractivity contribution in [1.29, 1.82) is 0 Å². The van der Waals surface area contributed by atoms with Crippen molar-refractivity contribution < 1.29 is 17.2 Å². The van der Waals surface area contributed by atoms with Crippen LogP contribution in [-0.2, 0) is 16.6 Å². The molecule has 1 aromatic heterocycles. The normalized spacial score (nSPS) is 11.6. The molecule has 0 saturated carbocycles. The summed E-state index contributed by atoms with van der Waals surface area (Å²) < 4.78 is 44.9. The fourth-order valence-electron chi connectivity index (χ4n) is 1.79. The first-order chi connectivity index (χ1) is 9.86. The Kier molecular flexibility index (Phi) is 4.70. The molecule has 2 aromatic rings. The number of nitrogens with zero attached hydrogens (tertiary/aromatic N) is 1. The molecule has 0 unspecified atom stereocenters. The Labute approximate surface area is 130 Å². The maximum absolute atomic E-state index is 13.2. The van der Waals surface area contributed by atoms with Gasteiger partial charge in [0.05, 0.1) is 12.2 Å². The average molecular weight is 377 g/mol. The van der Waals surface area contributed by atoms with E-state index >= 15 is 0 Å². The van der Waals surface area contributed by atoms with E-state index in [1.165, 1.54) is 31.3 Å². The molecule has 0 aliphatic rings. The highest BCUT2D eigenvalue weighted by Crippen LogP contribution is 2.30. The number of nitrogens with one attached hydrogen (secondary N) is 1. The maximum Gasteiger partial charge on any atom is 0.268 e. The van der Waals surface area contributed by atoms with E-state index in [1.54, 1.807) is 7.05 Å². The summed E-state index contributed by atoms with van der Waals surface area (Å²) in [6.07, 6.45) is 0. The van der Waals surface area contributed by atoms with Gasteiger partial charge in [-0.15, -0.1) is 0 Å². The molecular weight excluding hydrogens is 363 g/mol. The molecule has 0 aliphatic heterocycles. The number of hydrogen-bond acceptors (Lipinski definition) is 4. The number of benzene rings is 1. The second-order valence-corrected chi connectivity index (χ2v) is 6.99. The van der Waals surface area contributed by atoms with Crippen LogP contribution in [0.4, 0.5) is 10.1 Å². The summed E-state index contributed by atoms with van der Waals surface area (Å²) in [7, 11) is -0.751. The topological polar surface area (TPSA) is 62.6 Å². The molecule has 0 aliphatic carbocycles. The third kappa shape index (κ3) is 3.28. The molecule has 1 heterocycles. The monoisotopic (exact) mass is 376 g/mol. The van der Waals surface area contributed by atoms with E-state index in [0.717, 1.165) is 10.4 Å². The van der Waals surface area contributed by atoms with Crippen molar-refractivity contribution in [2.75, 3.05) is 18.4 Å². The third-order valence-corrected chi connectivity index (χ3v) is 5.51. The van der Waals surface area contributed by atoms with Crippen LogP contribution in [0.25, 0.3) is 0 Å². The molecule has 0 bridgehead atoms. The van der Waals surface area contributed by atoms with Crippen LogP contribution in [0.3, 0.4) is 0 Å². The van der Waals surface area contributed by atoms with Gasteiger partial charge >= 0.3 is 0 Å². The first-order valence-electron chi connectivity index (χ1n) is 6.03. The maximum atomic E-state index is 13.2. The largest absolute Gasteiger partial charge is 0.451 e. The fourth-order valence-corrected chi connectivity index (χ4v) is 3.94. The molecule has 0 spiro atoms. The minimum absolute atomic E-state index is 0.000453. The minimum Gasteiger partial charge on any atom is -0.451 e. The molecule has 0 saturated heterocycles. The van der Waals surface area contributed by atoms with E-state index in [1.807, 2.05) is 0 Å². The lowest BCUT2D eigenvalue weighted by atomic mass is 10.3. The highest BCUT2D eigenvalue weighted by molar-refractivity contribution is 9.10. The summed E-state index contributed by atoms with van der Waals surface area (Å²) in [5.41, 5.74) is 0.235. The predicted octanol–water partition coefficient (Wildman–Crippen LogP) is 2.73. The lowest BCUT2D eigenvalue weighted by molar-refractivity contribution is 0.470. The van der Waals surface area contributed by atoms with Gasteiger partial charge in [0.1, 0.15) is 16.5 Å². The standard InChI is InChI=1S/C13H14BrFN2O3S/c1-16-8-11-7-12(13(14)20-11)21(18,19)17(2)10-5-3-4-9(15)6-10/h3-7,16H,8H2,1-2H3. The lowest BCUT2D eigenvalue weighted by Gasteiger charge is -2.18. The van der Waals surface area contributed by atoms with E-state index in [4.69, 9.17) is 4.42 Å². The van der Waals surface area contributed by atoms with Crippen LogP contribution in [0.5, 0.6) is 0 Å². The Morgan fingerprint density at radius 3 is 2.71 bits per heavy atom.